The number of pyridine rings is 1. The maximum atomic E-state index is 13.8. The van der Waals surface area contributed by atoms with Gasteiger partial charge in [-0.3, -0.25) is 9.80 Å². The highest BCUT2D eigenvalue weighted by Gasteiger charge is 2.35. The van der Waals surface area contributed by atoms with Crippen molar-refractivity contribution >= 4 is 11.0 Å². The van der Waals surface area contributed by atoms with E-state index >= 15 is 0 Å². The molecule has 12 heteroatoms. The Balaban J connectivity index is 1.52. The van der Waals surface area contributed by atoms with Crippen molar-refractivity contribution in [2.24, 2.45) is 7.05 Å². The molecule has 9 nitrogen and oxygen atoms in total. The lowest BCUT2D eigenvalue weighted by atomic mass is 10.1. The summed E-state index contributed by atoms with van der Waals surface area (Å²) in [5.41, 5.74) is 0.304. The first kappa shape index (κ1) is 23.9. The number of ether oxygens (including phenoxy) is 1. The minimum absolute atomic E-state index is 0.00595. The summed E-state index contributed by atoms with van der Waals surface area (Å²) < 4.78 is 48.5. The molecule has 0 radical (unpaired) electrons. The van der Waals surface area contributed by atoms with Crippen molar-refractivity contribution < 1.29 is 23.0 Å². The number of piperazine rings is 1. The van der Waals surface area contributed by atoms with E-state index in [-0.39, 0.29) is 35.9 Å². The van der Waals surface area contributed by atoms with Crippen LogP contribution < -0.4 is 4.74 Å². The number of aliphatic hydroxyl groups is 1. The standard InChI is InChI=1S/C22H24F3N7O2/c1-30-19-13-17(27-18(14-26)21(19)28-29-30)15-2-3-20(16(12-15)22(23,24)25)34-11-9-32-6-4-31(5-7-32)8-10-33/h2-3,12-13,33H,4-11H2,1H3. The molecule has 180 valence electrons. The number of benzene rings is 1. The molecule has 1 fully saturated rings. The van der Waals surface area contributed by atoms with E-state index in [0.29, 0.717) is 24.1 Å². The molecule has 34 heavy (non-hydrogen) atoms. The first-order valence-corrected chi connectivity index (χ1v) is 10.8. The Morgan fingerprint density at radius 2 is 1.82 bits per heavy atom. The summed E-state index contributed by atoms with van der Waals surface area (Å²) in [6.07, 6.45) is -4.63. The molecule has 3 aromatic rings. The smallest absolute Gasteiger partial charge is 0.419 e. The lowest BCUT2D eigenvalue weighted by Crippen LogP contribution is -2.48. The molecular formula is C22H24F3N7O2. The fourth-order valence-corrected chi connectivity index (χ4v) is 3.96. The Bertz CT molecular complexity index is 1200. The molecule has 0 unspecified atom stereocenters. The molecule has 1 aliphatic heterocycles. The summed E-state index contributed by atoms with van der Waals surface area (Å²) in [4.78, 5) is 8.45. The topological polar surface area (TPSA) is 103 Å². The summed E-state index contributed by atoms with van der Waals surface area (Å²) in [7, 11) is 1.63. The van der Waals surface area contributed by atoms with Gasteiger partial charge in [-0.15, -0.1) is 5.10 Å². The first-order valence-electron chi connectivity index (χ1n) is 10.8. The van der Waals surface area contributed by atoms with Gasteiger partial charge in [-0.2, -0.15) is 18.4 Å². The van der Waals surface area contributed by atoms with Gasteiger partial charge >= 0.3 is 6.18 Å². The minimum Gasteiger partial charge on any atom is -0.492 e. The number of aryl methyl sites for hydroxylation is 1. The predicted molar refractivity (Wildman–Crippen MR) is 117 cm³/mol. The molecule has 0 saturated carbocycles. The molecule has 4 rings (SSSR count). The van der Waals surface area contributed by atoms with Crippen LogP contribution in [0.2, 0.25) is 0 Å². The molecule has 1 aliphatic rings. The molecule has 1 saturated heterocycles. The third kappa shape index (κ3) is 5.11. The van der Waals surface area contributed by atoms with Crippen molar-refractivity contribution in [2.75, 3.05) is 52.5 Å². The van der Waals surface area contributed by atoms with Gasteiger partial charge in [-0.1, -0.05) is 5.21 Å². The van der Waals surface area contributed by atoms with Crippen LogP contribution in [0.5, 0.6) is 5.75 Å². The summed E-state index contributed by atoms with van der Waals surface area (Å²) in [5.74, 6) is -0.251. The van der Waals surface area contributed by atoms with Gasteiger partial charge in [-0.05, 0) is 24.3 Å². The Labute approximate surface area is 194 Å². The van der Waals surface area contributed by atoms with E-state index in [9.17, 15) is 18.4 Å². The van der Waals surface area contributed by atoms with Crippen LogP contribution in [0.3, 0.4) is 0 Å². The van der Waals surface area contributed by atoms with Gasteiger partial charge in [0.1, 0.15) is 23.9 Å². The zero-order valence-electron chi connectivity index (χ0n) is 18.6. The molecule has 1 aromatic carbocycles. The normalized spacial score (nSPS) is 15.5. The van der Waals surface area contributed by atoms with E-state index in [2.05, 4.69) is 25.1 Å². The fourth-order valence-electron chi connectivity index (χ4n) is 3.96. The molecule has 0 aliphatic carbocycles. The van der Waals surface area contributed by atoms with Crippen LogP contribution in [0, 0.1) is 11.3 Å². The van der Waals surface area contributed by atoms with Gasteiger partial charge in [0.05, 0.1) is 23.4 Å². The maximum absolute atomic E-state index is 13.8. The van der Waals surface area contributed by atoms with Crippen LogP contribution in [-0.2, 0) is 13.2 Å². The van der Waals surface area contributed by atoms with Gasteiger partial charge in [-0.25, -0.2) is 9.67 Å². The lowest BCUT2D eigenvalue weighted by molar-refractivity contribution is -0.138. The van der Waals surface area contributed by atoms with Gasteiger partial charge < -0.3 is 9.84 Å². The van der Waals surface area contributed by atoms with Gasteiger partial charge in [0.15, 0.2) is 5.69 Å². The summed E-state index contributed by atoms with van der Waals surface area (Å²) >= 11 is 0. The predicted octanol–water partition coefficient (Wildman–Crippen LogP) is 1.91. The molecule has 0 spiro atoms. The number of halogens is 3. The average Bonchev–Trinajstić information content (AvgIpc) is 3.20. The molecule has 0 atom stereocenters. The lowest BCUT2D eigenvalue weighted by Gasteiger charge is -2.34. The number of hydrogen-bond acceptors (Lipinski definition) is 8. The quantitative estimate of drug-likeness (QED) is 0.553. The Morgan fingerprint density at radius 3 is 2.47 bits per heavy atom. The van der Waals surface area contributed by atoms with Gasteiger partial charge in [0, 0.05) is 51.9 Å². The average molecular weight is 475 g/mol. The third-order valence-electron chi connectivity index (χ3n) is 5.83. The Kier molecular flexibility index (Phi) is 6.97. The number of β-amino-alcohol motifs (C(OH)–C–C–N with tert-alkyl or cyclic N) is 1. The van der Waals surface area contributed by atoms with Gasteiger partial charge in [0.25, 0.3) is 0 Å². The van der Waals surface area contributed by atoms with Crippen LogP contribution in [0.4, 0.5) is 13.2 Å². The first-order chi connectivity index (χ1) is 16.3. The zero-order chi connectivity index (χ0) is 24.3. The number of nitriles is 1. The Morgan fingerprint density at radius 1 is 1.12 bits per heavy atom. The summed E-state index contributed by atoms with van der Waals surface area (Å²) in [5, 5.41) is 26.1. The van der Waals surface area contributed by atoms with Crippen molar-refractivity contribution in [3.05, 3.63) is 35.5 Å². The highest BCUT2D eigenvalue weighted by molar-refractivity contribution is 5.83. The molecular weight excluding hydrogens is 451 g/mol. The molecule has 1 N–H and O–H groups in total. The minimum atomic E-state index is -4.63. The number of aromatic nitrogens is 4. The SMILES string of the molecule is Cn1nnc2c(C#N)nc(-c3ccc(OCCN4CCN(CCO)CC4)c(C(F)(F)F)c3)cc21. The van der Waals surface area contributed by atoms with E-state index in [0.717, 1.165) is 32.2 Å². The molecule has 3 heterocycles. The van der Waals surface area contributed by atoms with E-state index < -0.39 is 11.7 Å². The number of aliphatic hydroxyl groups excluding tert-OH is 1. The second-order valence-corrected chi connectivity index (χ2v) is 8.01. The van der Waals surface area contributed by atoms with Crippen LogP contribution in [0.1, 0.15) is 11.3 Å². The summed E-state index contributed by atoms with van der Waals surface area (Å²) in [6.45, 7) is 4.50. The maximum Gasteiger partial charge on any atom is 0.419 e. The number of hydrogen-bond donors (Lipinski definition) is 1. The van der Waals surface area contributed by atoms with Crippen LogP contribution in [-0.4, -0.2) is 87.4 Å². The summed E-state index contributed by atoms with van der Waals surface area (Å²) in [6, 6.07) is 7.26. The van der Waals surface area contributed by atoms with E-state index in [4.69, 9.17) is 9.84 Å². The van der Waals surface area contributed by atoms with Crippen molar-refractivity contribution in [2.45, 2.75) is 6.18 Å². The van der Waals surface area contributed by atoms with Crippen molar-refractivity contribution in [3.63, 3.8) is 0 Å². The van der Waals surface area contributed by atoms with Gasteiger partial charge in [0.2, 0.25) is 0 Å². The van der Waals surface area contributed by atoms with Crippen LogP contribution in [0.25, 0.3) is 22.3 Å². The number of fused-ring (bicyclic) bond motifs is 1. The van der Waals surface area contributed by atoms with Crippen molar-refractivity contribution in [1.82, 2.24) is 29.8 Å². The molecule has 0 amide bonds. The monoisotopic (exact) mass is 475 g/mol. The largest absolute Gasteiger partial charge is 0.492 e. The van der Waals surface area contributed by atoms with E-state index in [1.807, 2.05) is 6.07 Å². The van der Waals surface area contributed by atoms with E-state index in [1.165, 1.54) is 16.8 Å². The highest BCUT2D eigenvalue weighted by Crippen LogP contribution is 2.39. The third-order valence-corrected chi connectivity index (χ3v) is 5.83. The second-order valence-electron chi connectivity index (χ2n) is 8.01. The number of alkyl halides is 3. The fraction of sp³-hybridized carbons (Fsp3) is 0.455. The second kappa shape index (κ2) is 9.92. The zero-order valence-corrected chi connectivity index (χ0v) is 18.6. The number of nitrogens with zero attached hydrogens (tertiary/aromatic N) is 7. The van der Waals surface area contributed by atoms with Crippen molar-refractivity contribution in [3.8, 4) is 23.1 Å². The van der Waals surface area contributed by atoms with Crippen molar-refractivity contribution in [1.29, 1.82) is 5.26 Å². The highest BCUT2D eigenvalue weighted by atomic mass is 19.4. The van der Waals surface area contributed by atoms with Crippen LogP contribution >= 0.6 is 0 Å². The van der Waals surface area contributed by atoms with Crippen LogP contribution in [0.15, 0.2) is 24.3 Å². The molecule has 2 aromatic heterocycles. The van der Waals surface area contributed by atoms with E-state index in [1.54, 1.807) is 13.1 Å². The number of rotatable bonds is 7. The Hall–Kier alpha value is -3.27. The molecule has 0 bridgehead atoms.